The molecule has 1 aliphatic heterocycles. The molecule has 4 rings (SSSR count). The van der Waals surface area contributed by atoms with Crippen molar-refractivity contribution in [3.8, 4) is 22.9 Å². The van der Waals surface area contributed by atoms with Crippen LogP contribution >= 0.6 is 0 Å². The lowest BCUT2D eigenvalue weighted by atomic mass is 9.98. The molecule has 1 aliphatic rings. The average Bonchev–Trinajstić information content (AvgIpc) is 2.67. The number of amides is 1. The number of rotatable bonds is 2. The number of hydrogen-bond donors (Lipinski definition) is 1. The van der Waals surface area contributed by atoms with Gasteiger partial charge in [-0.3, -0.25) is 4.79 Å². The third-order valence-electron chi connectivity index (χ3n) is 4.44. The topological polar surface area (TPSA) is 62.7 Å². The lowest BCUT2D eigenvalue weighted by molar-refractivity contribution is 0.0827. The minimum absolute atomic E-state index is 0.0435. The van der Waals surface area contributed by atoms with Gasteiger partial charge in [0.2, 0.25) is 5.88 Å². The van der Waals surface area contributed by atoms with E-state index >= 15 is 0 Å². The molecule has 2 heterocycles. The molecule has 1 N–H and O–H groups in total. The van der Waals surface area contributed by atoms with Gasteiger partial charge in [-0.2, -0.15) is 0 Å². The first-order chi connectivity index (χ1) is 12.5. The highest BCUT2D eigenvalue weighted by Crippen LogP contribution is 2.42. The molecule has 26 heavy (non-hydrogen) atoms. The van der Waals surface area contributed by atoms with E-state index in [1.807, 2.05) is 48.5 Å². The molecule has 0 fully saturated rings. The number of fused-ring (bicyclic) bond motifs is 2. The van der Waals surface area contributed by atoms with Crippen LogP contribution in [0.25, 0.3) is 11.3 Å². The van der Waals surface area contributed by atoms with Crippen LogP contribution in [-0.4, -0.2) is 35.0 Å². The number of aliphatic hydroxyl groups excluding tert-OH is 1. The van der Waals surface area contributed by atoms with Crippen LogP contribution in [0.4, 0.5) is 0 Å². The molecule has 0 saturated carbocycles. The summed E-state index contributed by atoms with van der Waals surface area (Å²) in [6, 6.07) is 18.4. The van der Waals surface area contributed by atoms with Gasteiger partial charge in [0.25, 0.3) is 5.91 Å². The van der Waals surface area contributed by atoms with E-state index in [2.05, 4.69) is 4.98 Å². The van der Waals surface area contributed by atoms with Crippen molar-refractivity contribution < 1.29 is 14.6 Å². The molecule has 0 spiro atoms. The first kappa shape index (κ1) is 16.3. The quantitative estimate of drug-likeness (QED) is 0.769. The molecule has 5 heteroatoms. The summed E-state index contributed by atoms with van der Waals surface area (Å²) >= 11 is 0. The summed E-state index contributed by atoms with van der Waals surface area (Å²) in [5, 5.41) is 10.6. The van der Waals surface area contributed by atoms with E-state index in [1.54, 1.807) is 31.1 Å². The molecule has 2 aromatic carbocycles. The Hall–Kier alpha value is -3.18. The molecular weight excluding hydrogens is 328 g/mol. The lowest BCUT2D eigenvalue weighted by Gasteiger charge is -2.24. The highest BCUT2D eigenvalue weighted by molar-refractivity contribution is 5.94. The number of ether oxygens (including phenoxy) is 1. The molecule has 3 aromatic rings. The second kappa shape index (κ2) is 6.28. The van der Waals surface area contributed by atoms with Gasteiger partial charge in [0.1, 0.15) is 11.9 Å². The first-order valence-electron chi connectivity index (χ1n) is 8.32. The smallest absolute Gasteiger partial charge is 0.253 e. The van der Waals surface area contributed by atoms with Gasteiger partial charge >= 0.3 is 0 Å². The van der Waals surface area contributed by atoms with Crippen molar-refractivity contribution >= 4 is 5.91 Å². The maximum atomic E-state index is 12.0. The zero-order valence-corrected chi connectivity index (χ0v) is 14.5. The van der Waals surface area contributed by atoms with Crippen molar-refractivity contribution in [3.63, 3.8) is 0 Å². The van der Waals surface area contributed by atoms with Crippen molar-refractivity contribution in [3.05, 3.63) is 77.4 Å². The molecule has 130 valence electrons. The Morgan fingerprint density at radius 2 is 1.73 bits per heavy atom. The summed E-state index contributed by atoms with van der Waals surface area (Å²) < 4.78 is 5.87. The fourth-order valence-electron chi connectivity index (χ4n) is 3.01. The zero-order valence-electron chi connectivity index (χ0n) is 14.5. The van der Waals surface area contributed by atoms with Crippen LogP contribution in [0.2, 0.25) is 0 Å². The van der Waals surface area contributed by atoms with E-state index in [0.717, 1.165) is 16.8 Å². The van der Waals surface area contributed by atoms with Crippen LogP contribution in [0.5, 0.6) is 11.6 Å². The maximum Gasteiger partial charge on any atom is 0.253 e. The van der Waals surface area contributed by atoms with E-state index < -0.39 is 6.10 Å². The molecule has 1 atom stereocenters. The van der Waals surface area contributed by atoms with E-state index in [-0.39, 0.29) is 5.91 Å². The van der Waals surface area contributed by atoms with Gasteiger partial charge in [0.05, 0.1) is 5.69 Å². The van der Waals surface area contributed by atoms with Gasteiger partial charge in [-0.1, -0.05) is 30.3 Å². The number of benzene rings is 2. The Morgan fingerprint density at radius 3 is 2.46 bits per heavy atom. The van der Waals surface area contributed by atoms with E-state index in [1.165, 1.54) is 0 Å². The number of pyridine rings is 1. The Kier molecular flexibility index (Phi) is 3.93. The van der Waals surface area contributed by atoms with E-state index in [4.69, 9.17) is 4.74 Å². The third kappa shape index (κ3) is 2.72. The second-order valence-electron chi connectivity index (χ2n) is 6.41. The van der Waals surface area contributed by atoms with Gasteiger partial charge in [-0.05, 0) is 30.3 Å². The van der Waals surface area contributed by atoms with Crippen molar-refractivity contribution in [1.29, 1.82) is 0 Å². The van der Waals surface area contributed by atoms with Crippen LogP contribution in [-0.2, 0) is 0 Å². The molecule has 0 radical (unpaired) electrons. The van der Waals surface area contributed by atoms with Crippen molar-refractivity contribution in [2.24, 2.45) is 0 Å². The van der Waals surface area contributed by atoms with Crippen LogP contribution in [0.3, 0.4) is 0 Å². The summed E-state index contributed by atoms with van der Waals surface area (Å²) in [5.41, 5.74) is 3.60. The minimum atomic E-state index is -0.753. The van der Waals surface area contributed by atoms with Gasteiger partial charge < -0.3 is 14.7 Å². The number of aromatic nitrogens is 1. The van der Waals surface area contributed by atoms with Crippen molar-refractivity contribution in [2.75, 3.05) is 14.1 Å². The monoisotopic (exact) mass is 346 g/mol. The number of carbonyl (C=O) groups is 1. The molecule has 1 aromatic heterocycles. The molecule has 0 saturated heterocycles. The standard InChI is InChI=1S/C21H18N2O3/c1-23(2)21(25)14-9-7-13(8-10-14)17-12-11-16-19(24)15-5-3-4-6-18(15)26-20(16)22-17/h3-12,19,24H,1-2H3. The summed E-state index contributed by atoms with van der Waals surface area (Å²) in [7, 11) is 3.45. The Bertz CT molecular complexity index is 981. The SMILES string of the molecule is CN(C)C(=O)c1ccc(-c2ccc3c(n2)Oc2ccccc2C3O)cc1. The van der Waals surface area contributed by atoms with Crippen LogP contribution in [0.1, 0.15) is 27.6 Å². The normalized spacial score (nSPS) is 14.8. The van der Waals surface area contributed by atoms with Crippen LogP contribution in [0.15, 0.2) is 60.7 Å². The van der Waals surface area contributed by atoms with E-state index in [0.29, 0.717) is 22.8 Å². The Morgan fingerprint density at radius 1 is 1.00 bits per heavy atom. The number of aliphatic hydroxyl groups is 1. The van der Waals surface area contributed by atoms with Gasteiger partial charge in [-0.15, -0.1) is 0 Å². The predicted molar refractivity (Wildman–Crippen MR) is 98.3 cm³/mol. The fraction of sp³-hybridized carbons (Fsp3) is 0.143. The molecule has 1 amide bonds. The largest absolute Gasteiger partial charge is 0.438 e. The second-order valence-corrected chi connectivity index (χ2v) is 6.41. The van der Waals surface area contributed by atoms with Crippen LogP contribution in [0, 0.1) is 0 Å². The summed E-state index contributed by atoms with van der Waals surface area (Å²) in [5.74, 6) is 0.976. The Balaban J connectivity index is 1.68. The summed E-state index contributed by atoms with van der Waals surface area (Å²) in [6.07, 6.45) is -0.753. The van der Waals surface area contributed by atoms with Crippen LogP contribution < -0.4 is 4.74 Å². The van der Waals surface area contributed by atoms with Gasteiger partial charge in [0.15, 0.2) is 0 Å². The highest BCUT2D eigenvalue weighted by atomic mass is 16.5. The molecule has 0 bridgehead atoms. The molecular formula is C21H18N2O3. The molecule has 1 unspecified atom stereocenters. The summed E-state index contributed by atoms with van der Waals surface area (Å²) in [6.45, 7) is 0. The average molecular weight is 346 g/mol. The number of para-hydroxylation sites is 1. The van der Waals surface area contributed by atoms with Gasteiger partial charge in [-0.25, -0.2) is 4.98 Å². The number of carbonyl (C=O) groups excluding carboxylic acids is 1. The maximum absolute atomic E-state index is 12.0. The van der Waals surface area contributed by atoms with Crippen molar-refractivity contribution in [1.82, 2.24) is 9.88 Å². The van der Waals surface area contributed by atoms with E-state index in [9.17, 15) is 9.90 Å². The lowest BCUT2D eigenvalue weighted by Crippen LogP contribution is -2.21. The zero-order chi connectivity index (χ0) is 18.3. The molecule has 0 aliphatic carbocycles. The Labute approximate surface area is 151 Å². The fourth-order valence-corrected chi connectivity index (χ4v) is 3.01. The molecule has 5 nitrogen and oxygen atoms in total. The van der Waals surface area contributed by atoms with Crippen molar-refractivity contribution in [2.45, 2.75) is 6.10 Å². The predicted octanol–water partition coefficient (Wildman–Crippen LogP) is 3.64. The van der Waals surface area contributed by atoms with Gasteiger partial charge in [0, 0.05) is 36.3 Å². The minimum Gasteiger partial charge on any atom is -0.438 e. The number of hydrogen-bond acceptors (Lipinski definition) is 4. The number of nitrogens with zero attached hydrogens (tertiary/aromatic N) is 2. The first-order valence-corrected chi connectivity index (χ1v) is 8.32. The highest BCUT2D eigenvalue weighted by Gasteiger charge is 2.26. The summed E-state index contributed by atoms with van der Waals surface area (Å²) in [4.78, 5) is 18.1. The third-order valence-corrected chi connectivity index (χ3v) is 4.44.